The van der Waals surface area contributed by atoms with Crippen LogP contribution in [0, 0.1) is 6.92 Å². The summed E-state index contributed by atoms with van der Waals surface area (Å²) in [5.74, 6) is 0. The van der Waals surface area contributed by atoms with Gasteiger partial charge in [0.25, 0.3) is 0 Å². The largest absolute Gasteiger partial charge is 0.423 e. The van der Waals surface area contributed by atoms with Crippen molar-refractivity contribution in [2.45, 2.75) is 13.3 Å². The lowest BCUT2D eigenvalue weighted by Gasteiger charge is -2.05. The Morgan fingerprint density at radius 2 is 2.07 bits per heavy atom. The summed E-state index contributed by atoms with van der Waals surface area (Å²) < 4.78 is 5.16. The van der Waals surface area contributed by atoms with Crippen molar-refractivity contribution in [2.24, 2.45) is 0 Å². The SMILES string of the molecule is Cc1c(CCO)c(=O)oc2ccccc12. The van der Waals surface area contributed by atoms with Crippen molar-refractivity contribution in [2.75, 3.05) is 6.61 Å². The summed E-state index contributed by atoms with van der Waals surface area (Å²) in [7, 11) is 0. The molecule has 0 atom stereocenters. The van der Waals surface area contributed by atoms with Crippen LogP contribution in [0.25, 0.3) is 11.0 Å². The van der Waals surface area contributed by atoms with E-state index in [9.17, 15) is 4.79 Å². The van der Waals surface area contributed by atoms with Crippen molar-refractivity contribution in [3.63, 3.8) is 0 Å². The first-order chi connectivity index (χ1) is 7.24. The minimum absolute atomic E-state index is 0.0378. The highest BCUT2D eigenvalue weighted by atomic mass is 16.4. The molecule has 0 spiro atoms. The maximum absolute atomic E-state index is 11.6. The van der Waals surface area contributed by atoms with E-state index < -0.39 is 0 Å². The topological polar surface area (TPSA) is 50.4 Å². The number of rotatable bonds is 2. The smallest absolute Gasteiger partial charge is 0.339 e. The summed E-state index contributed by atoms with van der Waals surface area (Å²) in [6.45, 7) is 1.84. The molecular weight excluding hydrogens is 192 g/mol. The molecule has 0 unspecified atom stereocenters. The molecule has 78 valence electrons. The fourth-order valence-corrected chi connectivity index (χ4v) is 1.74. The molecule has 0 saturated carbocycles. The Kier molecular flexibility index (Phi) is 2.56. The van der Waals surface area contributed by atoms with Gasteiger partial charge in [-0.2, -0.15) is 0 Å². The van der Waals surface area contributed by atoms with Crippen molar-refractivity contribution < 1.29 is 9.52 Å². The van der Waals surface area contributed by atoms with Gasteiger partial charge in [-0.3, -0.25) is 0 Å². The average Bonchev–Trinajstić information content (AvgIpc) is 2.24. The number of hydrogen-bond donors (Lipinski definition) is 1. The molecule has 3 nitrogen and oxygen atoms in total. The number of hydrogen-bond acceptors (Lipinski definition) is 3. The zero-order valence-electron chi connectivity index (χ0n) is 8.49. The van der Waals surface area contributed by atoms with Crippen molar-refractivity contribution in [3.05, 3.63) is 45.8 Å². The average molecular weight is 204 g/mol. The lowest BCUT2D eigenvalue weighted by atomic mass is 10.0. The second-order valence-corrected chi connectivity index (χ2v) is 3.46. The normalized spacial score (nSPS) is 10.8. The van der Waals surface area contributed by atoms with E-state index in [0.29, 0.717) is 17.6 Å². The predicted molar refractivity (Wildman–Crippen MR) is 58.0 cm³/mol. The second kappa shape index (κ2) is 3.87. The fraction of sp³-hybridized carbons (Fsp3) is 0.250. The molecule has 2 aromatic rings. The van der Waals surface area contributed by atoms with Crippen molar-refractivity contribution in [3.8, 4) is 0 Å². The maximum Gasteiger partial charge on any atom is 0.339 e. The van der Waals surface area contributed by atoms with Gasteiger partial charge < -0.3 is 9.52 Å². The molecule has 0 amide bonds. The van der Waals surface area contributed by atoms with Gasteiger partial charge in [-0.15, -0.1) is 0 Å². The molecule has 1 N–H and O–H groups in total. The lowest BCUT2D eigenvalue weighted by Crippen LogP contribution is -2.11. The highest BCUT2D eigenvalue weighted by Gasteiger charge is 2.09. The highest BCUT2D eigenvalue weighted by Crippen LogP contribution is 2.18. The van der Waals surface area contributed by atoms with E-state index in [1.54, 1.807) is 6.07 Å². The second-order valence-electron chi connectivity index (χ2n) is 3.46. The molecule has 0 fully saturated rings. The summed E-state index contributed by atoms with van der Waals surface area (Å²) in [5, 5.41) is 9.79. The Morgan fingerprint density at radius 1 is 1.33 bits per heavy atom. The Hall–Kier alpha value is -1.61. The number of aliphatic hydroxyl groups excluding tert-OH is 1. The van der Waals surface area contributed by atoms with E-state index in [4.69, 9.17) is 9.52 Å². The van der Waals surface area contributed by atoms with Gasteiger partial charge in [0.2, 0.25) is 0 Å². The molecule has 0 aliphatic carbocycles. The molecule has 2 rings (SSSR count). The molecule has 0 aliphatic heterocycles. The van der Waals surface area contributed by atoms with E-state index >= 15 is 0 Å². The third-order valence-electron chi connectivity index (χ3n) is 2.55. The summed E-state index contributed by atoms with van der Waals surface area (Å²) >= 11 is 0. The molecule has 0 radical (unpaired) electrons. The number of fused-ring (bicyclic) bond motifs is 1. The van der Waals surface area contributed by atoms with Crippen LogP contribution in [0.15, 0.2) is 33.5 Å². The maximum atomic E-state index is 11.6. The Balaban J connectivity index is 2.78. The molecule has 0 aliphatic rings. The van der Waals surface area contributed by atoms with Gasteiger partial charge in [-0.25, -0.2) is 4.79 Å². The highest BCUT2D eigenvalue weighted by molar-refractivity contribution is 5.80. The van der Waals surface area contributed by atoms with E-state index in [2.05, 4.69) is 0 Å². The van der Waals surface area contributed by atoms with Crippen LogP contribution >= 0.6 is 0 Å². The number of aryl methyl sites for hydroxylation is 1. The summed E-state index contributed by atoms with van der Waals surface area (Å²) in [6.07, 6.45) is 0.346. The lowest BCUT2D eigenvalue weighted by molar-refractivity contribution is 0.297. The summed E-state index contributed by atoms with van der Waals surface area (Å²) in [4.78, 5) is 11.6. The molecule has 1 aromatic carbocycles. The quantitative estimate of drug-likeness (QED) is 0.756. The van der Waals surface area contributed by atoms with E-state index in [1.807, 2.05) is 25.1 Å². The summed E-state index contributed by atoms with van der Waals surface area (Å²) in [5.41, 5.74) is 1.72. The van der Waals surface area contributed by atoms with E-state index in [1.165, 1.54) is 0 Å². The fourth-order valence-electron chi connectivity index (χ4n) is 1.74. The first-order valence-electron chi connectivity index (χ1n) is 4.86. The van der Waals surface area contributed by atoms with Crippen LogP contribution in [0.5, 0.6) is 0 Å². The van der Waals surface area contributed by atoms with Crippen LogP contribution in [0.1, 0.15) is 11.1 Å². The van der Waals surface area contributed by atoms with Gasteiger partial charge >= 0.3 is 5.63 Å². The molecular formula is C12H12O3. The Bertz CT molecular complexity index is 540. The van der Waals surface area contributed by atoms with E-state index in [-0.39, 0.29) is 12.2 Å². The van der Waals surface area contributed by atoms with Crippen LogP contribution in [-0.4, -0.2) is 11.7 Å². The molecule has 0 bridgehead atoms. The van der Waals surface area contributed by atoms with Crippen LogP contribution in [0.2, 0.25) is 0 Å². The monoisotopic (exact) mass is 204 g/mol. The third-order valence-corrected chi connectivity index (χ3v) is 2.55. The Morgan fingerprint density at radius 3 is 2.80 bits per heavy atom. The minimum atomic E-state index is -0.347. The van der Waals surface area contributed by atoms with Gasteiger partial charge in [0.05, 0.1) is 0 Å². The first kappa shape index (κ1) is 9.93. The van der Waals surface area contributed by atoms with Crippen LogP contribution < -0.4 is 5.63 Å². The molecule has 1 heterocycles. The van der Waals surface area contributed by atoms with E-state index in [0.717, 1.165) is 10.9 Å². The van der Waals surface area contributed by atoms with Gasteiger partial charge in [-0.05, 0) is 18.6 Å². The van der Waals surface area contributed by atoms with Crippen LogP contribution in [-0.2, 0) is 6.42 Å². The molecule has 3 heteroatoms. The zero-order chi connectivity index (χ0) is 10.8. The third kappa shape index (κ3) is 1.66. The predicted octanol–water partition coefficient (Wildman–Crippen LogP) is 1.64. The van der Waals surface area contributed by atoms with Crippen LogP contribution in [0.4, 0.5) is 0 Å². The van der Waals surface area contributed by atoms with Crippen molar-refractivity contribution >= 4 is 11.0 Å². The molecule has 15 heavy (non-hydrogen) atoms. The van der Waals surface area contributed by atoms with Gasteiger partial charge in [0.15, 0.2) is 0 Å². The minimum Gasteiger partial charge on any atom is -0.423 e. The van der Waals surface area contributed by atoms with Crippen LogP contribution in [0.3, 0.4) is 0 Å². The molecule has 1 aromatic heterocycles. The number of aliphatic hydroxyl groups is 1. The van der Waals surface area contributed by atoms with Crippen molar-refractivity contribution in [1.29, 1.82) is 0 Å². The van der Waals surface area contributed by atoms with Gasteiger partial charge in [0.1, 0.15) is 5.58 Å². The first-order valence-corrected chi connectivity index (χ1v) is 4.86. The standard InChI is InChI=1S/C12H12O3/c1-8-9-4-2-3-5-11(9)15-12(14)10(8)6-7-13/h2-5,13H,6-7H2,1H3. The Labute approximate surface area is 87.0 Å². The number of benzene rings is 1. The van der Waals surface area contributed by atoms with Gasteiger partial charge in [0, 0.05) is 24.0 Å². The van der Waals surface area contributed by atoms with Gasteiger partial charge in [-0.1, -0.05) is 18.2 Å². The van der Waals surface area contributed by atoms with Crippen molar-refractivity contribution in [1.82, 2.24) is 0 Å². The zero-order valence-corrected chi connectivity index (χ0v) is 8.49. The summed E-state index contributed by atoms with van der Waals surface area (Å²) in [6, 6.07) is 7.41. The molecule has 0 saturated heterocycles. The number of para-hydroxylation sites is 1.